The van der Waals surface area contributed by atoms with E-state index in [9.17, 15) is 24.0 Å². The zero-order valence-electron chi connectivity index (χ0n) is 17.5. The Kier molecular flexibility index (Phi) is 9.64. The molecule has 0 bridgehead atoms. The van der Waals surface area contributed by atoms with Crippen molar-refractivity contribution in [1.29, 1.82) is 0 Å². The summed E-state index contributed by atoms with van der Waals surface area (Å²) in [7, 11) is 0. The average Bonchev–Trinajstić information content (AvgIpc) is 2.72. The molecule has 0 aliphatic carbocycles. The number of hydrogen-bond acceptors (Lipinski definition) is 10. The van der Waals surface area contributed by atoms with Crippen molar-refractivity contribution < 1.29 is 38.2 Å². The highest BCUT2D eigenvalue weighted by Crippen LogP contribution is 2.16. The zero-order chi connectivity index (χ0) is 23.6. The molecule has 1 unspecified atom stereocenters. The lowest BCUT2D eigenvalue weighted by Gasteiger charge is -2.06. The van der Waals surface area contributed by atoms with Gasteiger partial charge in [-0.05, 0) is 52.0 Å². The van der Waals surface area contributed by atoms with E-state index >= 15 is 0 Å². The molecule has 0 amide bonds. The second-order valence-corrected chi connectivity index (χ2v) is 6.19. The van der Waals surface area contributed by atoms with Gasteiger partial charge in [0.2, 0.25) is 6.04 Å². The first kappa shape index (κ1) is 25.1. The second kappa shape index (κ2) is 11.9. The van der Waals surface area contributed by atoms with Gasteiger partial charge < -0.3 is 14.2 Å². The lowest BCUT2D eigenvalue weighted by Crippen LogP contribution is -2.27. The van der Waals surface area contributed by atoms with Gasteiger partial charge in [-0.25, -0.2) is 19.2 Å². The smallest absolute Gasteiger partial charge is 0.346 e. The van der Waals surface area contributed by atoms with E-state index in [-0.39, 0.29) is 29.0 Å². The van der Waals surface area contributed by atoms with Crippen LogP contribution >= 0.6 is 0 Å². The highest BCUT2D eigenvalue weighted by Gasteiger charge is 2.25. The molecule has 0 aliphatic rings. The van der Waals surface area contributed by atoms with Crippen molar-refractivity contribution in [2.75, 3.05) is 6.61 Å². The number of benzene rings is 1. The third-order valence-corrected chi connectivity index (χ3v) is 3.48. The summed E-state index contributed by atoms with van der Waals surface area (Å²) in [6, 6.07) is 3.85. The molecule has 31 heavy (non-hydrogen) atoms. The Morgan fingerprint density at radius 2 is 1.65 bits per heavy atom. The van der Waals surface area contributed by atoms with Crippen molar-refractivity contribution in [3.63, 3.8) is 0 Å². The van der Waals surface area contributed by atoms with Crippen molar-refractivity contribution in [2.45, 2.75) is 33.7 Å². The molecule has 0 aromatic heterocycles. The molecule has 0 N–H and O–H groups in total. The van der Waals surface area contributed by atoms with Crippen LogP contribution in [-0.2, 0) is 33.4 Å². The number of esters is 4. The van der Waals surface area contributed by atoms with Gasteiger partial charge in [-0.1, -0.05) is 6.58 Å². The van der Waals surface area contributed by atoms with E-state index in [1.54, 1.807) is 6.92 Å². The van der Waals surface area contributed by atoms with E-state index in [2.05, 4.69) is 21.5 Å². The van der Waals surface area contributed by atoms with Crippen LogP contribution in [0.5, 0.6) is 0 Å². The number of azo groups is 1. The maximum atomic E-state index is 12.1. The average molecular weight is 430 g/mol. The quantitative estimate of drug-likeness (QED) is 0.146. The summed E-state index contributed by atoms with van der Waals surface area (Å²) < 4.78 is 14.2. The summed E-state index contributed by atoms with van der Waals surface area (Å²) in [5, 5.41) is 7.46. The van der Waals surface area contributed by atoms with E-state index in [4.69, 9.17) is 9.47 Å². The first-order valence-electron chi connectivity index (χ1n) is 9.04. The molecular weight excluding hydrogens is 408 g/mol. The van der Waals surface area contributed by atoms with Crippen LogP contribution in [0, 0.1) is 0 Å². The highest BCUT2D eigenvalue weighted by atomic mass is 16.6. The zero-order valence-corrected chi connectivity index (χ0v) is 17.5. The Bertz CT molecular complexity index is 945. The normalized spacial score (nSPS) is 12.1. The SMILES string of the molecule is C=C(C)C(=O)OC(=O)c1ccc(N=NC(C(C)=O)C(=O)OC=C(C)C(=O)OCC)cc1. The summed E-state index contributed by atoms with van der Waals surface area (Å²) >= 11 is 0. The van der Waals surface area contributed by atoms with Gasteiger partial charge in [-0.15, -0.1) is 0 Å². The number of ketones is 1. The number of hydrogen-bond donors (Lipinski definition) is 0. The summed E-state index contributed by atoms with van der Waals surface area (Å²) in [5.74, 6) is -4.04. The Balaban J connectivity index is 2.84. The Morgan fingerprint density at radius 3 is 2.16 bits per heavy atom. The second-order valence-electron chi connectivity index (χ2n) is 6.19. The van der Waals surface area contributed by atoms with Gasteiger partial charge in [0.15, 0.2) is 5.78 Å². The van der Waals surface area contributed by atoms with Gasteiger partial charge in [0.05, 0.1) is 23.4 Å². The first-order chi connectivity index (χ1) is 14.6. The fourth-order valence-electron chi connectivity index (χ4n) is 1.82. The molecular formula is C21H22N2O8. The van der Waals surface area contributed by atoms with Crippen LogP contribution in [0.4, 0.5) is 5.69 Å². The van der Waals surface area contributed by atoms with E-state index in [0.717, 1.165) is 13.2 Å². The highest BCUT2D eigenvalue weighted by molar-refractivity contribution is 6.03. The van der Waals surface area contributed by atoms with Gasteiger partial charge in [0, 0.05) is 5.57 Å². The summed E-state index contributed by atoms with van der Waals surface area (Å²) in [4.78, 5) is 58.5. The number of Topliss-reactive ketones (excluding diaryl/α,β-unsaturated/α-hetero) is 1. The van der Waals surface area contributed by atoms with E-state index in [1.165, 1.54) is 38.1 Å². The molecule has 1 rings (SSSR count). The number of ether oxygens (including phenoxy) is 3. The first-order valence-corrected chi connectivity index (χ1v) is 9.04. The minimum absolute atomic E-state index is 0.0297. The standard InChI is InChI=1S/C21H22N2O8/c1-6-29-19(26)13(4)11-30-21(28)17(14(5)24)23-22-16-9-7-15(8-10-16)20(27)31-18(25)12(2)3/h7-11,17H,2,6H2,1,3-5H3. The predicted octanol–water partition coefficient (Wildman–Crippen LogP) is 3.00. The largest absolute Gasteiger partial charge is 0.463 e. The number of rotatable bonds is 9. The molecule has 1 aromatic carbocycles. The molecule has 0 saturated carbocycles. The van der Waals surface area contributed by atoms with Crippen LogP contribution in [0.15, 0.2) is 58.5 Å². The third-order valence-electron chi connectivity index (χ3n) is 3.48. The molecule has 1 aromatic rings. The fourth-order valence-corrected chi connectivity index (χ4v) is 1.82. The van der Waals surface area contributed by atoms with Crippen LogP contribution in [0.3, 0.4) is 0 Å². The molecule has 0 radical (unpaired) electrons. The van der Waals surface area contributed by atoms with Crippen LogP contribution in [0.1, 0.15) is 38.1 Å². The molecule has 10 heteroatoms. The summed E-state index contributed by atoms with van der Waals surface area (Å²) in [6.45, 7) is 9.08. The molecule has 0 aliphatic heterocycles. The van der Waals surface area contributed by atoms with Crippen molar-refractivity contribution in [1.82, 2.24) is 0 Å². The molecule has 1 atom stereocenters. The molecule has 10 nitrogen and oxygen atoms in total. The molecule has 164 valence electrons. The lowest BCUT2D eigenvalue weighted by atomic mass is 10.2. The maximum absolute atomic E-state index is 12.1. The Labute approximate surface area is 178 Å². The molecule has 0 fully saturated rings. The van der Waals surface area contributed by atoms with Crippen molar-refractivity contribution >= 4 is 35.3 Å². The van der Waals surface area contributed by atoms with Crippen molar-refractivity contribution in [3.8, 4) is 0 Å². The summed E-state index contributed by atoms with van der Waals surface area (Å²) in [6.07, 6.45) is 0.873. The fraction of sp³-hybridized carbons (Fsp3) is 0.286. The van der Waals surface area contributed by atoms with Crippen molar-refractivity contribution in [2.24, 2.45) is 10.2 Å². The minimum Gasteiger partial charge on any atom is -0.463 e. The van der Waals surface area contributed by atoms with Crippen LogP contribution in [0.25, 0.3) is 0 Å². The van der Waals surface area contributed by atoms with Gasteiger partial charge in [-0.2, -0.15) is 10.2 Å². The number of carbonyl (C=O) groups is 5. The van der Waals surface area contributed by atoms with Gasteiger partial charge >= 0.3 is 23.9 Å². The third kappa shape index (κ3) is 8.13. The van der Waals surface area contributed by atoms with Gasteiger partial charge in [0.1, 0.15) is 6.26 Å². The van der Waals surface area contributed by atoms with E-state index in [0.29, 0.717) is 0 Å². The van der Waals surface area contributed by atoms with Crippen LogP contribution < -0.4 is 0 Å². The Hall–Kier alpha value is -3.95. The minimum atomic E-state index is -1.55. The maximum Gasteiger partial charge on any atom is 0.346 e. The van der Waals surface area contributed by atoms with E-state index < -0.39 is 35.7 Å². The number of carbonyl (C=O) groups excluding carboxylic acids is 5. The van der Waals surface area contributed by atoms with Crippen molar-refractivity contribution in [3.05, 3.63) is 53.8 Å². The molecule has 0 saturated heterocycles. The van der Waals surface area contributed by atoms with Crippen LogP contribution in [0.2, 0.25) is 0 Å². The topological polar surface area (TPSA) is 138 Å². The van der Waals surface area contributed by atoms with E-state index in [1.807, 2.05) is 0 Å². The van der Waals surface area contributed by atoms with Gasteiger partial charge in [0.25, 0.3) is 0 Å². The predicted molar refractivity (Wildman–Crippen MR) is 107 cm³/mol. The summed E-state index contributed by atoms with van der Waals surface area (Å²) in [5.41, 5.74) is 0.408. The van der Waals surface area contributed by atoms with Gasteiger partial charge in [-0.3, -0.25) is 4.79 Å². The Morgan fingerprint density at radius 1 is 1.03 bits per heavy atom. The molecule has 0 spiro atoms. The number of nitrogens with zero attached hydrogens (tertiary/aromatic N) is 2. The molecule has 0 heterocycles. The van der Waals surface area contributed by atoms with Crippen LogP contribution in [-0.4, -0.2) is 42.3 Å². The lowest BCUT2D eigenvalue weighted by molar-refractivity contribution is -0.143. The monoisotopic (exact) mass is 430 g/mol.